The molecule has 2 aromatic rings. The number of rotatable bonds is 10. The Labute approximate surface area is 170 Å². The Bertz CT molecular complexity index is 819. The molecule has 0 aromatic heterocycles. The van der Waals surface area contributed by atoms with Crippen LogP contribution in [-0.2, 0) is 4.79 Å². The van der Waals surface area contributed by atoms with Crippen LogP contribution in [0, 0.1) is 6.92 Å². The quantitative estimate of drug-likeness (QED) is 0.275. The number of ether oxygens (including phenoxy) is 2. The van der Waals surface area contributed by atoms with Crippen molar-refractivity contribution in [3.63, 3.8) is 0 Å². The van der Waals surface area contributed by atoms with Crippen LogP contribution in [0.1, 0.15) is 25.0 Å². The van der Waals surface area contributed by atoms with E-state index < -0.39 is 0 Å². The molecule has 0 aliphatic carbocycles. The minimum Gasteiger partial charge on any atom is -0.490 e. The van der Waals surface area contributed by atoms with Gasteiger partial charge in [0.05, 0.1) is 18.1 Å². The molecule has 0 saturated heterocycles. The normalized spacial score (nSPS) is 11.8. The van der Waals surface area contributed by atoms with Gasteiger partial charge < -0.3 is 9.47 Å². The highest BCUT2D eigenvalue weighted by Crippen LogP contribution is 2.28. The first-order valence-electron chi connectivity index (χ1n) is 9.10. The largest absolute Gasteiger partial charge is 0.490 e. The fourth-order valence-electron chi connectivity index (χ4n) is 2.28. The van der Waals surface area contributed by atoms with Gasteiger partial charge in [-0.15, -0.1) is 11.8 Å². The van der Waals surface area contributed by atoms with Crippen LogP contribution in [-0.4, -0.2) is 30.6 Å². The van der Waals surface area contributed by atoms with Crippen LogP contribution in [0.25, 0.3) is 0 Å². The van der Waals surface area contributed by atoms with E-state index in [1.165, 1.54) is 17.3 Å². The van der Waals surface area contributed by atoms with Crippen molar-refractivity contribution in [1.82, 2.24) is 5.43 Å². The van der Waals surface area contributed by atoms with E-state index in [0.717, 1.165) is 10.5 Å². The number of hydrogen-bond acceptors (Lipinski definition) is 5. The molecule has 6 heteroatoms. The number of amides is 1. The summed E-state index contributed by atoms with van der Waals surface area (Å²) in [6, 6.07) is 13.6. The van der Waals surface area contributed by atoms with Crippen LogP contribution < -0.4 is 14.9 Å². The molecule has 0 fully saturated rings. The fraction of sp³-hybridized carbons (Fsp3) is 0.273. The summed E-state index contributed by atoms with van der Waals surface area (Å²) in [6.07, 6.45) is 3.26. The molecule has 0 bridgehead atoms. The van der Waals surface area contributed by atoms with Gasteiger partial charge in [0.15, 0.2) is 11.5 Å². The first kappa shape index (κ1) is 21.6. The number of nitrogens with zero attached hydrogens (tertiary/aromatic N) is 1. The Morgan fingerprint density at radius 1 is 1.21 bits per heavy atom. The minimum absolute atomic E-state index is 0.155. The summed E-state index contributed by atoms with van der Waals surface area (Å²) in [5.41, 5.74) is 4.58. The van der Waals surface area contributed by atoms with Gasteiger partial charge in [-0.1, -0.05) is 30.4 Å². The third-order valence-corrected chi connectivity index (χ3v) is 4.83. The predicted molar refractivity (Wildman–Crippen MR) is 116 cm³/mol. The lowest BCUT2D eigenvalue weighted by molar-refractivity contribution is -0.120. The number of carbonyl (C=O) groups excluding carboxylic acids is 1. The Morgan fingerprint density at radius 3 is 2.64 bits per heavy atom. The van der Waals surface area contributed by atoms with Crippen molar-refractivity contribution in [3.8, 4) is 11.5 Å². The standard InChI is InChI=1S/C22H26N2O3S/c1-5-13-27-20-12-9-18(14-21(20)26-6-2)15-23-24-22(25)17(4)28-19-10-7-16(3)8-11-19/h5,7-12,14-15,17H,1,6,13H2,2-4H3,(H,24,25)/b23-15-/t17-/m0/s1. The molecular weight excluding hydrogens is 372 g/mol. The van der Waals surface area contributed by atoms with E-state index in [1.807, 2.05) is 63.2 Å². The van der Waals surface area contributed by atoms with Crippen molar-refractivity contribution >= 4 is 23.9 Å². The summed E-state index contributed by atoms with van der Waals surface area (Å²) in [5, 5.41) is 3.80. The van der Waals surface area contributed by atoms with Crippen LogP contribution >= 0.6 is 11.8 Å². The lowest BCUT2D eigenvalue weighted by atomic mass is 10.2. The van der Waals surface area contributed by atoms with Gasteiger partial charge in [0, 0.05) is 4.90 Å². The zero-order valence-corrected chi connectivity index (χ0v) is 17.3. The summed E-state index contributed by atoms with van der Waals surface area (Å²) < 4.78 is 11.2. The molecule has 1 N–H and O–H groups in total. The lowest BCUT2D eigenvalue weighted by Gasteiger charge is -2.11. The molecule has 28 heavy (non-hydrogen) atoms. The number of thioether (sulfide) groups is 1. The molecule has 1 amide bonds. The highest BCUT2D eigenvalue weighted by Gasteiger charge is 2.13. The molecule has 0 radical (unpaired) electrons. The zero-order valence-electron chi connectivity index (χ0n) is 16.5. The van der Waals surface area contributed by atoms with Crippen molar-refractivity contribution < 1.29 is 14.3 Å². The second kappa shape index (κ2) is 11.2. The van der Waals surface area contributed by atoms with Crippen molar-refractivity contribution in [2.75, 3.05) is 13.2 Å². The average Bonchev–Trinajstić information content (AvgIpc) is 2.69. The van der Waals surface area contributed by atoms with E-state index in [1.54, 1.807) is 12.3 Å². The molecule has 0 aliphatic rings. The lowest BCUT2D eigenvalue weighted by Crippen LogP contribution is -2.26. The van der Waals surface area contributed by atoms with Gasteiger partial charge in [-0.2, -0.15) is 5.10 Å². The maximum absolute atomic E-state index is 12.2. The van der Waals surface area contributed by atoms with Gasteiger partial charge in [0.25, 0.3) is 5.91 Å². The highest BCUT2D eigenvalue weighted by molar-refractivity contribution is 8.00. The third kappa shape index (κ3) is 6.78. The summed E-state index contributed by atoms with van der Waals surface area (Å²) in [6.45, 7) is 10.4. The van der Waals surface area contributed by atoms with Crippen LogP contribution in [0.15, 0.2) is 65.1 Å². The number of hydrazone groups is 1. The van der Waals surface area contributed by atoms with E-state index in [-0.39, 0.29) is 11.2 Å². The molecule has 2 aromatic carbocycles. The average molecular weight is 399 g/mol. The molecular formula is C22H26N2O3S. The molecule has 5 nitrogen and oxygen atoms in total. The monoisotopic (exact) mass is 398 g/mol. The molecule has 0 spiro atoms. The third-order valence-electron chi connectivity index (χ3n) is 3.72. The summed E-state index contributed by atoms with van der Waals surface area (Å²) in [5.74, 6) is 1.12. The SMILES string of the molecule is C=CCOc1ccc(/C=N\NC(=O)[C@H](C)Sc2ccc(C)cc2)cc1OCC. The van der Waals surface area contributed by atoms with Gasteiger partial charge in [-0.05, 0) is 56.7 Å². The molecule has 0 saturated carbocycles. The first-order valence-corrected chi connectivity index (χ1v) is 9.98. The van der Waals surface area contributed by atoms with E-state index >= 15 is 0 Å². The van der Waals surface area contributed by atoms with Gasteiger partial charge in [-0.25, -0.2) is 5.43 Å². The second-order valence-corrected chi connectivity index (χ2v) is 7.46. The Balaban J connectivity index is 1.94. The van der Waals surface area contributed by atoms with Crippen LogP contribution in [0.4, 0.5) is 0 Å². The molecule has 1 atom stereocenters. The Kier molecular flexibility index (Phi) is 8.62. The summed E-state index contributed by atoms with van der Waals surface area (Å²) in [7, 11) is 0. The van der Waals surface area contributed by atoms with Crippen molar-refractivity contribution in [2.24, 2.45) is 5.10 Å². The topological polar surface area (TPSA) is 59.9 Å². The molecule has 2 rings (SSSR count). The number of aryl methyl sites for hydroxylation is 1. The maximum Gasteiger partial charge on any atom is 0.253 e. The zero-order chi connectivity index (χ0) is 20.4. The van der Waals surface area contributed by atoms with E-state index in [9.17, 15) is 4.79 Å². The maximum atomic E-state index is 12.2. The molecule has 0 heterocycles. The smallest absolute Gasteiger partial charge is 0.253 e. The van der Waals surface area contributed by atoms with Gasteiger partial charge >= 0.3 is 0 Å². The highest BCUT2D eigenvalue weighted by atomic mass is 32.2. The molecule has 0 aliphatic heterocycles. The van der Waals surface area contributed by atoms with Gasteiger partial charge in [0.2, 0.25) is 0 Å². The second-order valence-electron chi connectivity index (χ2n) is 6.05. The van der Waals surface area contributed by atoms with Crippen molar-refractivity contribution in [2.45, 2.75) is 30.9 Å². The van der Waals surface area contributed by atoms with Crippen molar-refractivity contribution in [1.29, 1.82) is 0 Å². The number of hydrogen-bond donors (Lipinski definition) is 1. The summed E-state index contributed by atoms with van der Waals surface area (Å²) in [4.78, 5) is 13.3. The van der Waals surface area contributed by atoms with Crippen molar-refractivity contribution in [3.05, 3.63) is 66.2 Å². The minimum atomic E-state index is -0.256. The van der Waals surface area contributed by atoms with Gasteiger partial charge in [-0.3, -0.25) is 4.79 Å². The van der Waals surface area contributed by atoms with E-state index in [4.69, 9.17) is 9.47 Å². The van der Waals surface area contributed by atoms with Gasteiger partial charge in [0.1, 0.15) is 6.61 Å². The predicted octanol–water partition coefficient (Wildman–Crippen LogP) is 4.59. The van der Waals surface area contributed by atoms with Crippen LogP contribution in [0.5, 0.6) is 11.5 Å². The van der Waals surface area contributed by atoms with E-state index in [2.05, 4.69) is 17.1 Å². The van der Waals surface area contributed by atoms with E-state index in [0.29, 0.717) is 24.7 Å². The fourth-order valence-corrected chi connectivity index (χ4v) is 3.14. The van der Waals surface area contributed by atoms with Crippen LogP contribution in [0.3, 0.4) is 0 Å². The molecule has 0 unspecified atom stereocenters. The number of benzene rings is 2. The Morgan fingerprint density at radius 2 is 1.96 bits per heavy atom. The number of nitrogens with one attached hydrogen (secondary N) is 1. The Hall–Kier alpha value is -2.73. The van der Waals surface area contributed by atoms with Crippen LogP contribution in [0.2, 0.25) is 0 Å². The summed E-state index contributed by atoms with van der Waals surface area (Å²) >= 11 is 1.49. The number of carbonyl (C=O) groups is 1. The molecule has 148 valence electrons. The first-order chi connectivity index (χ1) is 13.5.